The van der Waals surface area contributed by atoms with Crippen LogP contribution in [-0.4, -0.2) is 25.0 Å². The Morgan fingerprint density at radius 3 is 2.76 bits per heavy atom. The normalized spacial score (nSPS) is 10.7. The summed E-state index contributed by atoms with van der Waals surface area (Å²) in [6, 6.07) is 10.6. The van der Waals surface area contributed by atoms with Crippen LogP contribution in [0.1, 0.15) is 36.4 Å². The molecule has 0 fully saturated rings. The number of amides is 2. The Morgan fingerprint density at radius 1 is 1.20 bits per heavy atom. The zero-order valence-corrected chi connectivity index (χ0v) is 14.6. The lowest BCUT2D eigenvalue weighted by Crippen LogP contribution is -2.24. The van der Waals surface area contributed by atoms with Gasteiger partial charge in [0.25, 0.3) is 5.91 Å². The molecule has 0 aliphatic carbocycles. The first-order chi connectivity index (χ1) is 12.0. The summed E-state index contributed by atoms with van der Waals surface area (Å²) in [5, 5.41) is 5.60. The number of furan rings is 1. The van der Waals surface area contributed by atoms with Gasteiger partial charge in [-0.25, -0.2) is 0 Å². The van der Waals surface area contributed by atoms with Crippen LogP contribution in [0.5, 0.6) is 0 Å². The van der Waals surface area contributed by atoms with Gasteiger partial charge in [0, 0.05) is 25.3 Å². The Morgan fingerprint density at radius 2 is 2.04 bits per heavy atom. The third-order valence-electron chi connectivity index (χ3n) is 3.34. The number of anilines is 1. The second kappa shape index (κ2) is 9.64. The summed E-state index contributed by atoms with van der Waals surface area (Å²) in [4.78, 5) is 23.8. The van der Waals surface area contributed by atoms with Crippen LogP contribution in [0.25, 0.3) is 0 Å². The molecule has 1 aromatic carbocycles. The van der Waals surface area contributed by atoms with E-state index in [2.05, 4.69) is 24.5 Å². The summed E-state index contributed by atoms with van der Waals surface area (Å²) in [7, 11) is 0. The summed E-state index contributed by atoms with van der Waals surface area (Å²) in [5.74, 6) is 0.338. The molecule has 0 radical (unpaired) electrons. The summed E-state index contributed by atoms with van der Waals surface area (Å²) >= 11 is 0. The third-order valence-corrected chi connectivity index (χ3v) is 3.34. The molecule has 0 atom stereocenters. The molecule has 0 saturated carbocycles. The first-order valence-corrected chi connectivity index (χ1v) is 8.33. The molecular formula is C19H24N2O4. The van der Waals surface area contributed by atoms with Gasteiger partial charge in [-0.1, -0.05) is 26.0 Å². The van der Waals surface area contributed by atoms with Gasteiger partial charge in [-0.2, -0.15) is 0 Å². The van der Waals surface area contributed by atoms with E-state index in [1.165, 1.54) is 6.26 Å². The minimum Gasteiger partial charge on any atom is -0.459 e. The summed E-state index contributed by atoms with van der Waals surface area (Å²) < 4.78 is 10.5. The number of carbonyl (C=O) groups is 2. The van der Waals surface area contributed by atoms with Gasteiger partial charge in [-0.3, -0.25) is 9.59 Å². The van der Waals surface area contributed by atoms with E-state index in [1.54, 1.807) is 18.2 Å². The molecule has 2 amide bonds. The molecule has 2 rings (SSSR count). The zero-order valence-electron chi connectivity index (χ0n) is 14.6. The maximum Gasteiger partial charge on any atom is 0.291 e. The van der Waals surface area contributed by atoms with Crippen LogP contribution < -0.4 is 10.6 Å². The number of nitrogens with one attached hydrogen (secondary N) is 2. The van der Waals surface area contributed by atoms with Crippen LogP contribution in [0, 0.1) is 5.92 Å². The first kappa shape index (κ1) is 18.7. The number of ether oxygens (including phenoxy) is 1. The van der Waals surface area contributed by atoms with Crippen molar-refractivity contribution in [3.05, 3.63) is 54.0 Å². The predicted molar refractivity (Wildman–Crippen MR) is 95.2 cm³/mol. The predicted octanol–water partition coefficient (Wildman–Crippen LogP) is 3.21. The van der Waals surface area contributed by atoms with Crippen LogP contribution in [0.15, 0.2) is 47.1 Å². The highest BCUT2D eigenvalue weighted by Gasteiger charge is 2.09. The van der Waals surface area contributed by atoms with Crippen molar-refractivity contribution < 1.29 is 18.7 Å². The molecule has 0 aliphatic heterocycles. The fourth-order valence-electron chi connectivity index (χ4n) is 2.13. The Bertz CT molecular complexity index is 680. The minimum atomic E-state index is -0.312. The fourth-order valence-corrected chi connectivity index (χ4v) is 2.13. The highest BCUT2D eigenvalue weighted by molar-refractivity contribution is 6.02. The summed E-state index contributed by atoms with van der Waals surface area (Å²) in [6.45, 7) is 5.61. The molecule has 1 heterocycles. The number of benzene rings is 1. The van der Waals surface area contributed by atoms with E-state index >= 15 is 0 Å². The van der Waals surface area contributed by atoms with E-state index < -0.39 is 0 Å². The van der Waals surface area contributed by atoms with Gasteiger partial charge in [0.05, 0.1) is 12.9 Å². The second-order valence-corrected chi connectivity index (χ2v) is 6.13. The fraction of sp³-hybridized carbons (Fsp3) is 0.368. The highest BCUT2D eigenvalue weighted by Crippen LogP contribution is 2.12. The molecule has 0 spiro atoms. The number of carbonyl (C=O) groups excluding carboxylic acids is 2. The van der Waals surface area contributed by atoms with Crippen molar-refractivity contribution in [1.82, 2.24) is 5.32 Å². The minimum absolute atomic E-state index is 0.0613. The van der Waals surface area contributed by atoms with Crippen LogP contribution in [0.4, 0.5) is 5.69 Å². The second-order valence-electron chi connectivity index (χ2n) is 6.13. The van der Waals surface area contributed by atoms with Gasteiger partial charge in [0.2, 0.25) is 5.91 Å². The van der Waals surface area contributed by atoms with Gasteiger partial charge >= 0.3 is 0 Å². The largest absolute Gasteiger partial charge is 0.459 e. The number of hydrogen-bond acceptors (Lipinski definition) is 4. The van der Waals surface area contributed by atoms with Gasteiger partial charge in [0.15, 0.2) is 5.76 Å². The van der Waals surface area contributed by atoms with Crippen LogP contribution in [-0.2, 0) is 16.1 Å². The number of rotatable bonds is 9. The average Bonchev–Trinajstić information content (AvgIpc) is 3.12. The first-order valence-electron chi connectivity index (χ1n) is 8.33. The van der Waals surface area contributed by atoms with E-state index in [1.807, 2.05) is 18.2 Å². The van der Waals surface area contributed by atoms with E-state index in [0.29, 0.717) is 37.8 Å². The molecule has 134 valence electrons. The van der Waals surface area contributed by atoms with Gasteiger partial charge < -0.3 is 19.8 Å². The topological polar surface area (TPSA) is 80.6 Å². The van der Waals surface area contributed by atoms with Crippen molar-refractivity contribution in [1.29, 1.82) is 0 Å². The number of hydrogen-bond donors (Lipinski definition) is 2. The zero-order chi connectivity index (χ0) is 18.1. The van der Waals surface area contributed by atoms with E-state index in [4.69, 9.17) is 9.15 Å². The van der Waals surface area contributed by atoms with Crippen LogP contribution >= 0.6 is 0 Å². The Balaban J connectivity index is 1.77. The van der Waals surface area contributed by atoms with E-state index in [9.17, 15) is 9.59 Å². The van der Waals surface area contributed by atoms with Crippen molar-refractivity contribution >= 4 is 17.5 Å². The molecule has 6 heteroatoms. The lowest BCUT2D eigenvalue weighted by atomic mass is 10.2. The van der Waals surface area contributed by atoms with Gasteiger partial charge in [-0.05, 0) is 35.7 Å². The van der Waals surface area contributed by atoms with Gasteiger partial charge in [-0.15, -0.1) is 0 Å². The highest BCUT2D eigenvalue weighted by atomic mass is 16.5. The maximum absolute atomic E-state index is 12.0. The molecule has 2 aromatic rings. The molecule has 2 N–H and O–H groups in total. The SMILES string of the molecule is CC(C)COCCC(=O)NCc1cccc(NC(=O)c2ccco2)c1. The molecule has 0 unspecified atom stereocenters. The monoisotopic (exact) mass is 344 g/mol. The van der Waals surface area contributed by atoms with E-state index in [0.717, 1.165) is 5.56 Å². The molecule has 25 heavy (non-hydrogen) atoms. The lowest BCUT2D eigenvalue weighted by Gasteiger charge is -2.09. The molecule has 0 saturated heterocycles. The Labute approximate surface area is 147 Å². The maximum atomic E-state index is 12.0. The third kappa shape index (κ3) is 6.81. The van der Waals surface area contributed by atoms with Crippen molar-refractivity contribution in [3.63, 3.8) is 0 Å². The molecular weight excluding hydrogens is 320 g/mol. The molecule has 0 aliphatic rings. The molecule has 1 aromatic heterocycles. The van der Waals surface area contributed by atoms with Crippen molar-refractivity contribution in [2.24, 2.45) is 5.92 Å². The quantitative estimate of drug-likeness (QED) is 0.685. The average molecular weight is 344 g/mol. The summed E-state index contributed by atoms with van der Waals surface area (Å²) in [5.41, 5.74) is 1.54. The van der Waals surface area contributed by atoms with E-state index in [-0.39, 0.29) is 17.6 Å². The molecule has 6 nitrogen and oxygen atoms in total. The summed E-state index contributed by atoms with van der Waals surface area (Å²) in [6.07, 6.45) is 1.79. The van der Waals surface area contributed by atoms with Crippen molar-refractivity contribution in [2.45, 2.75) is 26.8 Å². The Kier molecular flexibility index (Phi) is 7.22. The van der Waals surface area contributed by atoms with Crippen molar-refractivity contribution in [3.8, 4) is 0 Å². The lowest BCUT2D eigenvalue weighted by molar-refractivity contribution is -0.122. The molecule has 0 bridgehead atoms. The standard InChI is InChI=1S/C19H24N2O4/c1-14(2)13-24-10-8-18(22)20-12-15-5-3-6-16(11-15)21-19(23)17-7-4-9-25-17/h3-7,9,11,14H,8,10,12-13H2,1-2H3,(H,20,22)(H,21,23). The Hall–Kier alpha value is -2.60. The smallest absolute Gasteiger partial charge is 0.291 e. The van der Waals surface area contributed by atoms with Crippen LogP contribution in [0.3, 0.4) is 0 Å². The van der Waals surface area contributed by atoms with Crippen LogP contribution in [0.2, 0.25) is 0 Å². The van der Waals surface area contributed by atoms with Crippen molar-refractivity contribution in [2.75, 3.05) is 18.5 Å². The van der Waals surface area contributed by atoms with Gasteiger partial charge in [0.1, 0.15) is 0 Å².